The number of rotatable bonds is 4. The molecule has 100 valence electrons. The number of carbonyl (C=O) groups is 1. The van der Waals surface area contributed by atoms with Crippen molar-refractivity contribution in [2.24, 2.45) is 0 Å². The highest BCUT2D eigenvalue weighted by Crippen LogP contribution is 2.18. The summed E-state index contributed by atoms with van der Waals surface area (Å²) in [4.78, 5) is 12.0. The second-order valence-electron chi connectivity index (χ2n) is 3.87. The number of benzene rings is 1. The highest BCUT2D eigenvalue weighted by Gasteiger charge is 2.14. The summed E-state index contributed by atoms with van der Waals surface area (Å²) in [7, 11) is 0. The van der Waals surface area contributed by atoms with Gasteiger partial charge in [-0.25, -0.2) is 8.78 Å². The predicted molar refractivity (Wildman–Crippen MR) is 77.5 cm³/mol. The van der Waals surface area contributed by atoms with Gasteiger partial charge in [-0.2, -0.15) is 0 Å². The lowest BCUT2D eigenvalue weighted by atomic mass is 10.3. The fourth-order valence-corrected chi connectivity index (χ4v) is 2.20. The van der Waals surface area contributed by atoms with Gasteiger partial charge in [-0.05, 0) is 46.9 Å². The average Bonchev–Trinajstić information content (AvgIpc) is 2.79. The topological polar surface area (TPSA) is 34.0 Å². The normalized spacial score (nSPS) is 10.7. The lowest BCUT2D eigenvalue weighted by molar-refractivity contribution is 0.0997. The Kier molecular flexibility index (Phi) is 4.52. The summed E-state index contributed by atoms with van der Waals surface area (Å²) in [5.74, 6) is -0.394. The van der Waals surface area contributed by atoms with Crippen molar-refractivity contribution in [2.45, 2.75) is 13.0 Å². The number of halogens is 3. The van der Waals surface area contributed by atoms with Crippen LogP contribution in [0.4, 0.5) is 14.5 Å². The Balaban J connectivity index is 2.17. The SMILES string of the molecule is O=C(Nc1ccccc1I)c1cccn1CC(F)F. The molecule has 0 bridgehead atoms. The smallest absolute Gasteiger partial charge is 0.272 e. The molecule has 0 saturated carbocycles. The molecule has 1 amide bonds. The van der Waals surface area contributed by atoms with Crippen LogP contribution < -0.4 is 5.32 Å². The molecule has 3 nitrogen and oxygen atoms in total. The number of para-hydroxylation sites is 1. The third kappa shape index (κ3) is 3.52. The zero-order valence-corrected chi connectivity index (χ0v) is 12.0. The van der Waals surface area contributed by atoms with Gasteiger partial charge in [0.05, 0.1) is 12.2 Å². The second-order valence-corrected chi connectivity index (χ2v) is 5.03. The van der Waals surface area contributed by atoms with E-state index in [1.807, 2.05) is 12.1 Å². The Hall–Kier alpha value is -1.44. The van der Waals surface area contributed by atoms with Gasteiger partial charge >= 0.3 is 0 Å². The van der Waals surface area contributed by atoms with Crippen LogP contribution in [0.5, 0.6) is 0 Å². The average molecular weight is 376 g/mol. The summed E-state index contributed by atoms with van der Waals surface area (Å²) < 4.78 is 26.9. The van der Waals surface area contributed by atoms with Crippen molar-refractivity contribution in [1.82, 2.24) is 4.57 Å². The Bertz CT molecular complexity index is 584. The van der Waals surface area contributed by atoms with Crippen LogP contribution in [0.25, 0.3) is 0 Å². The third-order valence-electron chi connectivity index (χ3n) is 2.52. The number of hydrogen-bond donors (Lipinski definition) is 1. The lowest BCUT2D eigenvalue weighted by Gasteiger charge is -2.10. The molecule has 2 aromatic rings. The first-order valence-electron chi connectivity index (χ1n) is 5.57. The Morgan fingerprint density at radius 3 is 2.68 bits per heavy atom. The summed E-state index contributed by atoms with van der Waals surface area (Å²) in [5, 5.41) is 2.71. The standard InChI is InChI=1S/C13H11F2IN2O/c14-12(15)8-18-7-3-6-11(18)13(19)17-10-5-2-1-4-9(10)16/h1-7,12H,8H2,(H,17,19). The summed E-state index contributed by atoms with van der Waals surface area (Å²) in [6.07, 6.45) is -1.02. The molecule has 19 heavy (non-hydrogen) atoms. The van der Waals surface area contributed by atoms with Crippen LogP contribution in [0.15, 0.2) is 42.6 Å². The Morgan fingerprint density at radius 1 is 1.26 bits per heavy atom. The van der Waals surface area contributed by atoms with E-state index in [1.54, 1.807) is 18.2 Å². The number of nitrogens with zero attached hydrogens (tertiary/aromatic N) is 1. The highest BCUT2D eigenvalue weighted by molar-refractivity contribution is 14.1. The van der Waals surface area contributed by atoms with Gasteiger partial charge in [0.15, 0.2) is 0 Å². The maximum absolute atomic E-state index is 12.4. The van der Waals surface area contributed by atoms with Crippen LogP contribution in [0, 0.1) is 3.57 Å². The molecule has 2 rings (SSSR count). The number of alkyl halides is 2. The maximum Gasteiger partial charge on any atom is 0.272 e. The number of amides is 1. The first kappa shape index (κ1) is 14.0. The van der Waals surface area contributed by atoms with E-state index in [2.05, 4.69) is 27.9 Å². The molecule has 0 unspecified atom stereocenters. The van der Waals surface area contributed by atoms with Crippen molar-refractivity contribution in [3.05, 3.63) is 51.9 Å². The van der Waals surface area contributed by atoms with Gasteiger partial charge in [-0.3, -0.25) is 4.79 Å². The van der Waals surface area contributed by atoms with E-state index in [4.69, 9.17) is 0 Å². The van der Waals surface area contributed by atoms with Crippen molar-refractivity contribution >= 4 is 34.2 Å². The van der Waals surface area contributed by atoms with Gasteiger partial charge in [0.25, 0.3) is 12.3 Å². The van der Waals surface area contributed by atoms with Crippen LogP contribution in [-0.2, 0) is 6.54 Å². The second kappa shape index (κ2) is 6.14. The van der Waals surface area contributed by atoms with Gasteiger partial charge in [-0.15, -0.1) is 0 Å². The molecule has 1 heterocycles. The van der Waals surface area contributed by atoms with Crippen LogP contribution in [0.3, 0.4) is 0 Å². The van der Waals surface area contributed by atoms with Gasteiger partial charge in [0, 0.05) is 9.77 Å². The molecule has 6 heteroatoms. The fraction of sp³-hybridized carbons (Fsp3) is 0.154. The molecule has 0 fully saturated rings. The fourth-order valence-electron chi connectivity index (χ4n) is 1.68. The first-order valence-corrected chi connectivity index (χ1v) is 6.65. The molecule has 1 N–H and O–H groups in total. The molecule has 0 spiro atoms. The minimum absolute atomic E-state index is 0.222. The number of aromatic nitrogens is 1. The van der Waals surface area contributed by atoms with Crippen molar-refractivity contribution in [3.63, 3.8) is 0 Å². The van der Waals surface area contributed by atoms with E-state index in [-0.39, 0.29) is 5.69 Å². The summed E-state index contributed by atoms with van der Waals surface area (Å²) in [5.41, 5.74) is 0.887. The van der Waals surface area contributed by atoms with Gasteiger partial charge in [-0.1, -0.05) is 12.1 Å². The number of carbonyl (C=O) groups excluding carboxylic acids is 1. The maximum atomic E-state index is 12.4. The zero-order valence-electron chi connectivity index (χ0n) is 9.82. The van der Waals surface area contributed by atoms with Crippen LogP contribution in [-0.4, -0.2) is 16.9 Å². The summed E-state index contributed by atoms with van der Waals surface area (Å²) in [6.45, 7) is -0.484. The van der Waals surface area contributed by atoms with E-state index in [9.17, 15) is 13.6 Å². The highest BCUT2D eigenvalue weighted by atomic mass is 127. The number of hydrogen-bond acceptors (Lipinski definition) is 1. The zero-order chi connectivity index (χ0) is 13.8. The molecule has 0 atom stereocenters. The van der Waals surface area contributed by atoms with Crippen molar-refractivity contribution in [1.29, 1.82) is 0 Å². The predicted octanol–water partition coefficient (Wildman–Crippen LogP) is 3.61. The van der Waals surface area contributed by atoms with Gasteiger partial charge < -0.3 is 9.88 Å². The van der Waals surface area contributed by atoms with E-state index in [0.29, 0.717) is 5.69 Å². The number of nitrogens with one attached hydrogen (secondary N) is 1. The van der Waals surface area contributed by atoms with Crippen molar-refractivity contribution < 1.29 is 13.6 Å². The molecular formula is C13H11F2IN2O. The van der Waals surface area contributed by atoms with Crippen molar-refractivity contribution in [2.75, 3.05) is 5.32 Å². The molecule has 0 aliphatic heterocycles. The largest absolute Gasteiger partial charge is 0.338 e. The van der Waals surface area contributed by atoms with Crippen LogP contribution in [0.1, 0.15) is 10.5 Å². The van der Waals surface area contributed by atoms with Crippen molar-refractivity contribution in [3.8, 4) is 0 Å². The molecule has 0 radical (unpaired) electrons. The molecule has 0 aliphatic rings. The molecular weight excluding hydrogens is 365 g/mol. The first-order chi connectivity index (χ1) is 9.08. The minimum atomic E-state index is -2.49. The van der Waals surface area contributed by atoms with Crippen LogP contribution in [0.2, 0.25) is 0 Å². The quantitative estimate of drug-likeness (QED) is 0.813. The molecule has 1 aromatic heterocycles. The van der Waals surface area contributed by atoms with E-state index in [1.165, 1.54) is 16.8 Å². The monoisotopic (exact) mass is 376 g/mol. The molecule has 0 aliphatic carbocycles. The Morgan fingerprint density at radius 2 is 2.00 bits per heavy atom. The lowest BCUT2D eigenvalue weighted by Crippen LogP contribution is -2.19. The summed E-state index contributed by atoms with van der Waals surface area (Å²) in [6, 6.07) is 10.4. The number of anilines is 1. The Labute approximate surface area is 122 Å². The third-order valence-corrected chi connectivity index (χ3v) is 3.46. The minimum Gasteiger partial charge on any atom is -0.338 e. The molecule has 1 aromatic carbocycles. The van der Waals surface area contributed by atoms with E-state index >= 15 is 0 Å². The van der Waals surface area contributed by atoms with E-state index < -0.39 is 18.9 Å². The van der Waals surface area contributed by atoms with Gasteiger partial charge in [0.2, 0.25) is 0 Å². The summed E-state index contributed by atoms with van der Waals surface area (Å²) >= 11 is 2.10. The van der Waals surface area contributed by atoms with Gasteiger partial charge in [0.1, 0.15) is 5.69 Å². The van der Waals surface area contributed by atoms with E-state index in [0.717, 1.165) is 3.57 Å². The molecule has 0 saturated heterocycles. The van der Waals surface area contributed by atoms with Crippen LogP contribution >= 0.6 is 22.6 Å².